The van der Waals surface area contributed by atoms with E-state index in [-0.39, 0.29) is 16.8 Å². The van der Waals surface area contributed by atoms with E-state index in [0.717, 1.165) is 19.3 Å². The lowest BCUT2D eigenvalue weighted by atomic mass is 9.79. The molecule has 0 amide bonds. The van der Waals surface area contributed by atoms with Crippen LogP contribution in [0.5, 0.6) is 0 Å². The van der Waals surface area contributed by atoms with Crippen molar-refractivity contribution in [3.8, 4) is 11.1 Å². The highest BCUT2D eigenvalue weighted by Gasteiger charge is 2.30. The zero-order valence-electron chi connectivity index (χ0n) is 18.2. The molecule has 1 saturated carbocycles. The average molecular weight is 419 g/mol. The first-order valence-electron chi connectivity index (χ1n) is 10.5. The van der Waals surface area contributed by atoms with E-state index in [1.54, 1.807) is 39.0 Å². The van der Waals surface area contributed by atoms with E-state index in [1.807, 2.05) is 0 Å². The van der Waals surface area contributed by atoms with Gasteiger partial charge < -0.3 is 9.15 Å². The third kappa shape index (κ3) is 3.67. The summed E-state index contributed by atoms with van der Waals surface area (Å²) in [7, 11) is 1.30. The first kappa shape index (κ1) is 21.0. The Morgan fingerprint density at radius 2 is 1.84 bits per heavy atom. The number of rotatable bonds is 5. The molecule has 31 heavy (non-hydrogen) atoms. The number of ether oxygens (including phenoxy) is 1. The third-order valence-electron chi connectivity index (χ3n) is 6.07. The molecule has 0 spiro atoms. The van der Waals surface area contributed by atoms with Gasteiger partial charge in [0.2, 0.25) is 0 Å². The number of ketones is 1. The molecule has 0 radical (unpaired) electrons. The Bertz CT molecular complexity index is 1270. The van der Waals surface area contributed by atoms with Crippen LogP contribution < -0.4 is 5.43 Å². The van der Waals surface area contributed by atoms with Gasteiger partial charge in [0.1, 0.15) is 11.3 Å². The molecule has 0 bridgehead atoms. The molecule has 1 aliphatic carbocycles. The standard InChI is InChI=1S/C25H25NO5/c1-13-11-19(27)17-9-6-10-18(24(17)31-13)23-21(20(28)12-16-7-5-8-16)14(2)26-15(3)22(23)25(29)30-4/h6,9-11,16H,5,7-8,12H2,1-4H3. The molecule has 3 aromatic rings. The number of hydrogen-bond donors (Lipinski definition) is 0. The molecule has 1 aromatic carbocycles. The van der Waals surface area contributed by atoms with Crippen molar-refractivity contribution in [2.45, 2.75) is 46.5 Å². The fraction of sp³-hybridized carbons (Fsp3) is 0.360. The molecule has 0 atom stereocenters. The summed E-state index contributed by atoms with van der Waals surface area (Å²) in [5.74, 6) is 0.177. The van der Waals surface area contributed by atoms with Crippen LogP contribution >= 0.6 is 0 Å². The maximum Gasteiger partial charge on any atom is 0.340 e. The molecule has 6 heteroatoms. The summed E-state index contributed by atoms with van der Waals surface area (Å²) >= 11 is 0. The summed E-state index contributed by atoms with van der Waals surface area (Å²) in [6.07, 6.45) is 3.61. The Hall–Kier alpha value is -3.28. The molecule has 2 heterocycles. The van der Waals surface area contributed by atoms with Gasteiger partial charge in [0.15, 0.2) is 11.2 Å². The van der Waals surface area contributed by atoms with Gasteiger partial charge in [-0.1, -0.05) is 31.4 Å². The highest BCUT2D eigenvalue weighted by atomic mass is 16.5. The molecule has 160 valence electrons. The van der Waals surface area contributed by atoms with E-state index >= 15 is 0 Å². The summed E-state index contributed by atoms with van der Waals surface area (Å²) < 4.78 is 11.0. The Morgan fingerprint density at radius 3 is 2.48 bits per heavy atom. The predicted octanol–water partition coefficient (Wildman–Crippen LogP) is 4.94. The van der Waals surface area contributed by atoms with Crippen molar-refractivity contribution < 1.29 is 18.7 Å². The van der Waals surface area contributed by atoms with Crippen LogP contribution in [0.25, 0.3) is 22.1 Å². The number of carbonyl (C=O) groups is 2. The summed E-state index contributed by atoms with van der Waals surface area (Å²) in [6, 6.07) is 6.61. The zero-order chi connectivity index (χ0) is 22.3. The molecular weight excluding hydrogens is 394 g/mol. The number of carbonyl (C=O) groups excluding carboxylic acids is 2. The van der Waals surface area contributed by atoms with Gasteiger partial charge in [0.05, 0.1) is 23.8 Å². The van der Waals surface area contributed by atoms with Crippen molar-refractivity contribution in [1.29, 1.82) is 0 Å². The third-order valence-corrected chi connectivity index (χ3v) is 6.07. The number of hydrogen-bond acceptors (Lipinski definition) is 6. The predicted molar refractivity (Wildman–Crippen MR) is 118 cm³/mol. The summed E-state index contributed by atoms with van der Waals surface area (Å²) in [5, 5.41) is 0.392. The molecule has 0 aliphatic heterocycles. The quantitative estimate of drug-likeness (QED) is 0.430. The number of pyridine rings is 1. The lowest BCUT2D eigenvalue weighted by Crippen LogP contribution is -2.20. The van der Waals surface area contributed by atoms with Crippen molar-refractivity contribution in [3.05, 3.63) is 62.8 Å². The van der Waals surface area contributed by atoms with Gasteiger partial charge in [0.25, 0.3) is 0 Å². The van der Waals surface area contributed by atoms with Gasteiger partial charge >= 0.3 is 5.97 Å². The van der Waals surface area contributed by atoms with Gasteiger partial charge in [-0.25, -0.2) is 4.79 Å². The minimum atomic E-state index is -0.579. The summed E-state index contributed by atoms with van der Waals surface area (Å²) in [6.45, 7) is 5.19. The van der Waals surface area contributed by atoms with Gasteiger partial charge in [-0.05, 0) is 32.8 Å². The minimum Gasteiger partial charge on any atom is -0.465 e. The first-order valence-corrected chi connectivity index (χ1v) is 10.5. The van der Waals surface area contributed by atoms with Crippen LogP contribution in [0.1, 0.15) is 63.5 Å². The molecule has 6 nitrogen and oxygen atoms in total. The van der Waals surface area contributed by atoms with Crippen LogP contribution in [0.4, 0.5) is 0 Å². The topological polar surface area (TPSA) is 86.5 Å². The number of benzene rings is 1. The van der Waals surface area contributed by atoms with E-state index in [1.165, 1.54) is 13.2 Å². The van der Waals surface area contributed by atoms with E-state index in [0.29, 0.717) is 57.1 Å². The smallest absolute Gasteiger partial charge is 0.340 e. The molecule has 0 N–H and O–H groups in total. The molecule has 1 fully saturated rings. The number of Topliss-reactive ketones (excluding diaryl/α,β-unsaturated/α-hetero) is 1. The lowest BCUT2D eigenvalue weighted by Gasteiger charge is -2.25. The van der Waals surface area contributed by atoms with Crippen molar-refractivity contribution in [1.82, 2.24) is 4.98 Å². The average Bonchev–Trinajstić information content (AvgIpc) is 2.69. The monoisotopic (exact) mass is 419 g/mol. The van der Waals surface area contributed by atoms with Crippen molar-refractivity contribution >= 4 is 22.7 Å². The Kier molecular flexibility index (Phi) is 5.48. The van der Waals surface area contributed by atoms with Gasteiger partial charge in [-0.15, -0.1) is 0 Å². The number of para-hydroxylation sites is 1. The maximum atomic E-state index is 13.4. The maximum absolute atomic E-state index is 13.4. The second-order valence-corrected chi connectivity index (χ2v) is 8.23. The zero-order valence-corrected chi connectivity index (χ0v) is 18.2. The first-order chi connectivity index (χ1) is 14.8. The second-order valence-electron chi connectivity index (χ2n) is 8.23. The molecule has 0 saturated heterocycles. The fourth-order valence-electron chi connectivity index (χ4n) is 4.36. The van der Waals surface area contributed by atoms with E-state index in [2.05, 4.69) is 4.98 Å². The number of nitrogens with zero attached hydrogens (tertiary/aromatic N) is 1. The largest absolute Gasteiger partial charge is 0.465 e. The van der Waals surface area contributed by atoms with E-state index in [9.17, 15) is 14.4 Å². The summed E-state index contributed by atoms with van der Waals surface area (Å²) in [5.41, 5.74) is 2.76. The highest BCUT2D eigenvalue weighted by Crippen LogP contribution is 2.38. The van der Waals surface area contributed by atoms with Crippen molar-refractivity contribution in [2.24, 2.45) is 5.92 Å². The second kappa shape index (κ2) is 8.10. The SMILES string of the molecule is COC(=O)c1c(C)nc(C)c(C(=O)CC2CCC2)c1-c1cccc2c(=O)cc(C)oc12. The van der Waals surface area contributed by atoms with Crippen molar-refractivity contribution in [3.63, 3.8) is 0 Å². The molecule has 2 aromatic heterocycles. The summed E-state index contributed by atoms with van der Waals surface area (Å²) in [4.78, 5) is 43.3. The number of esters is 1. The molecule has 1 aliphatic rings. The van der Waals surface area contributed by atoms with Gasteiger partial charge in [-0.2, -0.15) is 0 Å². The van der Waals surface area contributed by atoms with Crippen LogP contribution in [-0.4, -0.2) is 23.8 Å². The van der Waals surface area contributed by atoms with Crippen LogP contribution in [0, 0.1) is 26.7 Å². The molecule has 4 rings (SSSR count). The minimum absolute atomic E-state index is 0.0538. The highest BCUT2D eigenvalue weighted by molar-refractivity contribution is 6.12. The van der Waals surface area contributed by atoms with Crippen LogP contribution in [0.15, 0.2) is 33.5 Å². The normalized spacial score (nSPS) is 13.8. The van der Waals surface area contributed by atoms with Crippen LogP contribution in [0.2, 0.25) is 0 Å². The Balaban J connectivity index is 2.08. The number of fused-ring (bicyclic) bond motifs is 1. The number of methoxy groups -OCH3 is 1. The van der Waals surface area contributed by atoms with E-state index < -0.39 is 5.97 Å². The number of aromatic nitrogens is 1. The molecular formula is C25H25NO5. The molecule has 0 unspecified atom stereocenters. The van der Waals surface area contributed by atoms with Crippen molar-refractivity contribution in [2.75, 3.05) is 7.11 Å². The van der Waals surface area contributed by atoms with Gasteiger partial charge in [-0.3, -0.25) is 14.6 Å². The van der Waals surface area contributed by atoms with Crippen LogP contribution in [-0.2, 0) is 4.74 Å². The van der Waals surface area contributed by atoms with Gasteiger partial charge in [0, 0.05) is 34.9 Å². The Labute approximate surface area is 180 Å². The van der Waals surface area contributed by atoms with E-state index in [4.69, 9.17) is 9.15 Å². The number of aryl methyl sites for hydroxylation is 3. The lowest BCUT2D eigenvalue weighted by molar-refractivity contribution is 0.0600. The fourth-order valence-corrected chi connectivity index (χ4v) is 4.36. The Morgan fingerprint density at radius 1 is 1.13 bits per heavy atom. The van der Waals surface area contributed by atoms with Crippen LogP contribution in [0.3, 0.4) is 0 Å².